The van der Waals surface area contributed by atoms with Crippen molar-refractivity contribution in [2.75, 3.05) is 7.11 Å². The van der Waals surface area contributed by atoms with Gasteiger partial charge in [-0.25, -0.2) is 0 Å². The van der Waals surface area contributed by atoms with Crippen LogP contribution in [0.2, 0.25) is 0 Å². The van der Waals surface area contributed by atoms with Crippen LogP contribution < -0.4 is 0 Å². The molecule has 0 bridgehead atoms. The van der Waals surface area contributed by atoms with Gasteiger partial charge in [0.05, 0.1) is 11.8 Å². The molecule has 0 saturated carbocycles. The van der Waals surface area contributed by atoms with Crippen molar-refractivity contribution in [3.05, 3.63) is 18.0 Å². The van der Waals surface area contributed by atoms with Crippen molar-refractivity contribution in [3.63, 3.8) is 0 Å². The number of aromatic nitrogens is 2. The molecule has 1 aromatic heterocycles. The summed E-state index contributed by atoms with van der Waals surface area (Å²) < 4.78 is 6.92. The van der Waals surface area contributed by atoms with E-state index in [0.717, 1.165) is 12.2 Å². The summed E-state index contributed by atoms with van der Waals surface area (Å²) in [6.07, 6.45) is 1.43. The van der Waals surface area contributed by atoms with E-state index in [2.05, 4.69) is 5.10 Å². The second-order valence-electron chi connectivity index (χ2n) is 3.56. The monoisotopic (exact) mass is 198 g/mol. The number of ether oxygens (including phenoxy) is 1. The maximum Gasteiger partial charge on any atom is 0.129 e. The Balaban J connectivity index is 3.02. The van der Waals surface area contributed by atoms with Gasteiger partial charge in [-0.3, -0.25) is 4.68 Å². The Kier molecular flexibility index (Phi) is 3.29. The molecule has 0 spiro atoms. The normalized spacial score (nSPS) is 17.8. The third-order valence-corrected chi connectivity index (χ3v) is 2.68. The van der Waals surface area contributed by atoms with E-state index in [-0.39, 0.29) is 6.10 Å². The minimum Gasteiger partial charge on any atom is -0.381 e. The average Bonchev–Trinajstić information content (AvgIpc) is 2.64. The molecule has 4 nitrogen and oxygen atoms in total. The topological polar surface area (TPSA) is 47.3 Å². The van der Waals surface area contributed by atoms with E-state index in [1.165, 1.54) is 0 Å². The van der Waals surface area contributed by atoms with Gasteiger partial charge in [-0.15, -0.1) is 0 Å². The lowest BCUT2D eigenvalue weighted by Crippen LogP contribution is -2.37. The van der Waals surface area contributed by atoms with Crippen molar-refractivity contribution in [2.45, 2.75) is 39.0 Å². The summed E-state index contributed by atoms with van der Waals surface area (Å²) in [4.78, 5) is 0. The van der Waals surface area contributed by atoms with Crippen molar-refractivity contribution in [1.29, 1.82) is 0 Å². The van der Waals surface area contributed by atoms with E-state index in [1.54, 1.807) is 24.9 Å². The quantitative estimate of drug-likeness (QED) is 0.789. The van der Waals surface area contributed by atoms with E-state index in [0.29, 0.717) is 0 Å². The fourth-order valence-electron chi connectivity index (χ4n) is 1.45. The van der Waals surface area contributed by atoms with Crippen LogP contribution in [-0.4, -0.2) is 28.1 Å². The molecule has 1 N–H and O–H groups in total. The van der Waals surface area contributed by atoms with Crippen LogP contribution in [0, 0.1) is 0 Å². The lowest BCUT2D eigenvalue weighted by Gasteiger charge is -2.29. The van der Waals surface area contributed by atoms with Gasteiger partial charge in [0.2, 0.25) is 0 Å². The second kappa shape index (κ2) is 4.11. The van der Waals surface area contributed by atoms with Crippen molar-refractivity contribution in [3.8, 4) is 0 Å². The van der Waals surface area contributed by atoms with Gasteiger partial charge in [0, 0.05) is 19.9 Å². The molecule has 0 aliphatic heterocycles. The highest BCUT2D eigenvalue weighted by Gasteiger charge is 2.33. The Morgan fingerprint density at radius 3 is 2.86 bits per heavy atom. The Morgan fingerprint density at radius 2 is 2.36 bits per heavy atom. The first-order valence-electron chi connectivity index (χ1n) is 4.81. The van der Waals surface area contributed by atoms with Gasteiger partial charge in [0.25, 0.3) is 0 Å². The number of hydrogen-bond acceptors (Lipinski definition) is 3. The van der Waals surface area contributed by atoms with Crippen molar-refractivity contribution in [1.82, 2.24) is 9.78 Å². The maximum absolute atomic E-state index is 10.3. The first-order valence-corrected chi connectivity index (χ1v) is 4.81. The van der Waals surface area contributed by atoms with E-state index in [4.69, 9.17) is 4.74 Å². The van der Waals surface area contributed by atoms with Gasteiger partial charge < -0.3 is 9.84 Å². The molecule has 2 atom stereocenters. The second-order valence-corrected chi connectivity index (χ2v) is 3.56. The molecule has 2 unspecified atom stereocenters. The molecule has 0 aliphatic rings. The maximum atomic E-state index is 10.3. The minimum absolute atomic E-state index is 0.260. The van der Waals surface area contributed by atoms with Crippen LogP contribution in [0.5, 0.6) is 0 Å². The molecule has 80 valence electrons. The summed E-state index contributed by atoms with van der Waals surface area (Å²) in [5.74, 6) is 0. The number of aliphatic hydroxyl groups is 1. The van der Waals surface area contributed by atoms with Gasteiger partial charge in [0.1, 0.15) is 5.60 Å². The first kappa shape index (κ1) is 11.2. The van der Waals surface area contributed by atoms with Gasteiger partial charge in [-0.05, 0) is 26.8 Å². The summed E-state index contributed by atoms with van der Waals surface area (Å²) >= 11 is 0. The minimum atomic E-state index is -0.999. The van der Waals surface area contributed by atoms with Crippen LogP contribution in [0.25, 0.3) is 0 Å². The lowest BCUT2D eigenvalue weighted by atomic mass is 9.96. The van der Waals surface area contributed by atoms with Gasteiger partial charge in [-0.1, -0.05) is 0 Å². The number of aryl methyl sites for hydroxylation is 1. The highest BCUT2D eigenvalue weighted by atomic mass is 16.5. The smallest absolute Gasteiger partial charge is 0.129 e. The zero-order valence-electron chi connectivity index (χ0n) is 9.19. The molecule has 0 fully saturated rings. The van der Waals surface area contributed by atoms with Crippen LogP contribution in [0.1, 0.15) is 26.5 Å². The molecular formula is C10H18N2O2. The summed E-state index contributed by atoms with van der Waals surface area (Å²) in [5.41, 5.74) is -0.212. The molecule has 1 heterocycles. The van der Waals surface area contributed by atoms with E-state index in [1.807, 2.05) is 19.9 Å². The zero-order valence-corrected chi connectivity index (χ0v) is 9.19. The molecule has 14 heavy (non-hydrogen) atoms. The SMILES string of the molecule is CCn1nccc1C(C)(O)C(C)OC. The van der Waals surface area contributed by atoms with Crippen molar-refractivity contribution in [2.24, 2.45) is 0 Å². The van der Waals surface area contributed by atoms with E-state index >= 15 is 0 Å². The Morgan fingerprint density at radius 1 is 1.71 bits per heavy atom. The van der Waals surface area contributed by atoms with E-state index < -0.39 is 5.60 Å². The predicted octanol–water partition coefficient (Wildman–Crippen LogP) is 1.15. The zero-order chi connectivity index (χ0) is 10.8. The molecule has 0 amide bonds. The summed E-state index contributed by atoms with van der Waals surface area (Å²) in [5, 5.41) is 14.4. The molecule has 4 heteroatoms. The fourth-order valence-corrected chi connectivity index (χ4v) is 1.45. The van der Waals surface area contributed by atoms with E-state index in [9.17, 15) is 5.11 Å². The van der Waals surface area contributed by atoms with Crippen LogP contribution in [0.15, 0.2) is 12.3 Å². The third-order valence-electron chi connectivity index (χ3n) is 2.68. The lowest BCUT2D eigenvalue weighted by molar-refractivity contribution is -0.0822. The molecule has 1 aromatic rings. The summed E-state index contributed by atoms with van der Waals surface area (Å²) in [7, 11) is 1.59. The highest BCUT2D eigenvalue weighted by Crippen LogP contribution is 2.25. The predicted molar refractivity (Wildman–Crippen MR) is 53.9 cm³/mol. The van der Waals surface area contributed by atoms with Gasteiger partial charge in [-0.2, -0.15) is 5.10 Å². The first-order chi connectivity index (χ1) is 6.54. The molecule has 0 aromatic carbocycles. The standard InChI is InChI=1S/C10H18N2O2/c1-5-12-9(6-7-11-12)10(3,13)8(2)14-4/h6-8,13H,5H2,1-4H3. The number of hydrogen-bond donors (Lipinski definition) is 1. The van der Waals surface area contributed by atoms with Gasteiger partial charge >= 0.3 is 0 Å². The van der Waals surface area contributed by atoms with Crippen molar-refractivity contribution < 1.29 is 9.84 Å². The number of methoxy groups -OCH3 is 1. The largest absolute Gasteiger partial charge is 0.381 e. The summed E-state index contributed by atoms with van der Waals surface area (Å²) in [6.45, 7) is 6.32. The van der Waals surface area contributed by atoms with Crippen LogP contribution in [0.3, 0.4) is 0 Å². The number of rotatable bonds is 4. The molecule has 0 saturated heterocycles. The van der Waals surface area contributed by atoms with Crippen LogP contribution >= 0.6 is 0 Å². The fraction of sp³-hybridized carbons (Fsp3) is 0.700. The molecule has 1 rings (SSSR count). The van der Waals surface area contributed by atoms with Gasteiger partial charge in [0.15, 0.2) is 0 Å². The van der Waals surface area contributed by atoms with Crippen LogP contribution in [0.4, 0.5) is 0 Å². The highest BCUT2D eigenvalue weighted by molar-refractivity contribution is 5.12. The Bertz CT molecular complexity index is 294. The molecule has 0 radical (unpaired) electrons. The third kappa shape index (κ3) is 1.81. The Labute approximate surface area is 84.5 Å². The molecular weight excluding hydrogens is 180 g/mol. The Hall–Kier alpha value is -0.870. The van der Waals surface area contributed by atoms with Crippen LogP contribution in [-0.2, 0) is 16.9 Å². The molecule has 0 aliphatic carbocycles. The van der Waals surface area contributed by atoms with Crippen molar-refractivity contribution >= 4 is 0 Å². The summed E-state index contributed by atoms with van der Waals surface area (Å²) in [6, 6.07) is 1.82. The average molecular weight is 198 g/mol. The number of nitrogens with zero attached hydrogens (tertiary/aromatic N) is 2.